The second-order valence-corrected chi connectivity index (χ2v) is 7.90. The Kier molecular flexibility index (Phi) is 3.64. The van der Waals surface area contributed by atoms with Crippen LogP contribution in [0.15, 0.2) is 16.5 Å². The Bertz CT molecular complexity index is 576. The third-order valence-corrected chi connectivity index (χ3v) is 5.65. The molecule has 1 aromatic heterocycles. The van der Waals surface area contributed by atoms with Crippen molar-refractivity contribution < 1.29 is 14.3 Å². The van der Waals surface area contributed by atoms with E-state index in [4.69, 9.17) is 4.42 Å². The zero-order valence-corrected chi connectivity index (χ0v) is 13.8. The Hall–Kier alpha value is -0.888. The summed E-state index contributed by atoms with van der Waals surface area (Å²) in [6.45, 7) is 4.21. The van der Waals surface area contributed by atoms with E-state index < -0.39 is 11.5 Å². The molecule has 0 amide bonds. The van der Waals surface area contributed by atoms with Crippen molar-refractivity contribution in [2.75, 3.05) is 0 Å². The van der Waals surface area contributed by atoms with Gasteiger partial charge < -0.3 is 0 Å². The molecule has 0 bridgehead atoms. The number of furan rings is 1. The van der Waals surface area contributed by atoms with Crippen LogP contribution in [0.25, 0.3) is 0 Å². The van der Waals surface area contributed by atoms with E-state index in [1.54, 1.807) is 0 Å². The maximum atomic E-state index is 11.7. The molecule has 2 N–H and O–H groups in total. The molecule has 2 unspecified atom stereocenters. The SMILES string of the molecule is [CH2]=[Al][c]1ccc(CC2(NC3(C(=O)O)CC3C(C)C)CC2)o1. The molecule has 0 saturated heterocycles. The molecule has 2 saturated carbocycles. The van der Waals surface area contributed by atoms with Crippen molar-refractivity contribution in [2.24, 2.45) is 11.8 Å². The molecule has 1 aromatic rings. The summed E-state index contributed by atoms with van der Waals surface area (Å²) in [5, 5.41) is 17.0. The number of hydrogen-bond acceptors (Lipinski definition) is 3. The van der Waals surface area contributed by atoms with Gasteiger partial charge in [0.05, 0.1) is 0 Å². The van der Waals surface area contributed by atoms with Gasteiger partial charge in [-0.15, -0.1) is 0 Å². The first-order valence-corrected chi connectivity index (χ1v) is 9.04. The molecule has 3 rings (SSSR count). The van der Waals surface area contributed by atoms with Crippen molar-refractivity contribution in [1.82, 2.24) is 5.32 Å². The quantitative estimate of drug-likeness (QED) is 0.743. The Balaban J connectivity index is 1.71. The number of aliphatic carboxylic acids is 1. The van der Waals surface area contributed by atoms with Gasteiger partial charge in [0.25, 0.3) is 0 Å². The van der Waals surface area contributed by atoms with Crippen molar-refractivity contribution in [1.29, 1.82) is 0 Å². The van der Waals surface area contributed by atoms with Gasteiger partial charge in [0, 0.05) is 0 Å². The summed E-state index contributed by atoms with van der Waals surface area (Å²) in [5.74, 6) is 0.890. The average molecular weight is 303 g/mol. The van der Waals surface area contributed by atoms with E-state index in [-0.39, 0.29) is 26.2 Å². The molecule has 0 spiro atoms. The number of carbonyl (C=O) groups is 1. The molecule has 2 aliphatic rings. The predicted molar refractivity (Wildman–Crippen MR) is 83.3 cm³/mol. The number of rotatable bonds is 7. The first-order valence-electron chi connectivity index (χ1n) is 7.65. The molecule has 21 heavy (non-hydrogen) atoms. The van der Waals surface area contributed by atoms with Crippen LogP contribution in [0.4, 0.5) is 0 Å². The van der Waals surface area contributed by atoms with Crippen LogP contribution < -0.4 is 9.94 Å². The van der Waals surface area contributed by atoms with Crippen molar-refractivity contribution in [3.05, 3.63) is 17.9 Å². The fraction of sp³-hybridized carbons (Fsp3) is 0.625. The number of carboxylic acids is 1. The summed E-state index contributed by atoms with van der Waals surface area (Å²) in [6.07, 6.45) is 3.58. The van der Waals surface area contributed by atoms with Gasteiger partial charge in [0.15, 0.2) is 0 Å². The number of nitrogens with one attached hydrogen (secondary N) is 1. The van der Waals surface area contributed by atoms with Gasteiger partial charge in [-0.1, -0.05) is 0 Å². The first-order chi connectivity index (χ1) is 9.91. The van der Waals surface area contributed by atoms with Gasteiger partial charge >= 0.3 is 131 Å². The Morgan fingerprint density at radius 2 is 2.29 bits per heavy atom. The van der Waals surface area contributed by atoms with E-state index in [1.807, 2.05) is 12.1 Å². The van der Waals surface area contributed by atoms with Gasteiger partial charge in [-0.25, -0.2) is 0 Å². The van der Waals surface area contributed by atoms with Crippen LogP contribution >= 0.6 is 0 Å². The molecular weight excluding hydrogens is 281 g/mol. The summed E-state index contributed by atoms with van der Waals surface area (Å²) in [4.78, 5) is 11.7. The summed E-state index contributed by atoms with van der Waals surface area (Å²) < 4.78 is 6.74. The fourth-order valence-corrected chi connectivity index (χ4v) is 3.91. The molecule has 2 atom stereocenters. The maximum absolute atomic E-state index is 11.7. The molecule has 2 aliphatic carbocycles. The van der Waals surface area contributed by atoms with Crippen molar-refractivity contribution in [2.45, 2.75) is 50.6 Å². The second kappa shape index (κ2) is 5.09. The van der Waals surface area contributed by atoms with Gasteiger partial charge in [-0.05, 0) is 0 Å². The first kappa shape index (κ1) is 15.0. The zero-order chi connectivity index (χ0) is 15.3. The minimum atomic E-state index is -0.711. The summed E-state index contributed by atoms with van der Waals surface area (Å²) in [7, 11) is 0. The minimum absolute atomic E-state index is 0.0441. The van der Waals surface area contributed by atoms with Gasteiger partial charge in [-0.2, -0.15) is 0 Å². The predicted octanol–water partition coefficient (Wildman–Crippen LogP) is 1.21. The van der Waals surface area contributed by atoms with Crippen LogP contribution in [0.5, 0.6) is 0 Å². The van der Waals surface area contributed by atoms with E-state index in [0.29, 0.717) is 5.92 Å². The van der Waals surface area contributed by atoms with Gasteiger partial charge in [-0.3, -0.25) is 0 Å². The molecule has 0 aliphatic heterocycles. The van der Waals surface area contributed by atoms with Crippen LogP contribution in [0.2, 0.25) is 0 Å². The summed E-state index contributed by atoms with van der Waals surface area (Å²) in [5.41, 5.74) is -0.786. The average Bonchev–Trinajstić information content (AvgIpc) is 3.29. The van der Waals surface area contributed by atoms with E-state index in [2.05, 4.69) is 24.6 Å². The van der Waals surface area contributed by atoms with E-state index in [9.17, 15) is 9.90 Å². The number of hydrogen-bond donors (Lipinski definition) is 2. The van der Waals surface area contributed by atoms with Crippen molar-refractivity contribution >= 4 is 30.8 Å². The molecule has 0 radical (unpaired) electrons. The van der Waals surface area contributed by atoms with Gasteiger partial charge in [0.2, 0.25) is 0 Å². The molecule has 1 heterocycles. The summed E-state index contributed by atoms with van der Waals surface area (Å²) in [6, 6.07) is 4.00. The Labute approximate surface area is 131 Å². The van der Waals surface area contributed by atoms with E-state index in [1.165, 1.54) is 0 Å². The zero-order valence-electron chi connectivity index (χ0n) is 12.7. The Morgan fingerprint density at radius 3 is 2.71 bits per heavy atom. The van der Waals surface area contributed by atoms with Crippen LogP contribution in [-0.2, 0) is 11.2 Å². The third kappa shape index (κ3) is 2.75. The van der Waals surface area contributed by atoms with Crippen LogP contribution in [0.3, 0.4) is 0 Å². The van der Waals surface area contributed by atoms with Crippen molar-refractivity contribution in [3.8, 4) is 0 Å². The fourth-order valence-electron chi connectivity index (χ4n) is 3.44. The third-order valence-electron chi connectivity index (χ3n) is 4.94. The molecular formula is C16H22AlNO3. The molecule has 2 fully saturated rings. The standard InChI is InChI=1S/C15H20NO3.CH2.Al/c1-10(2)12-9-15(12,13(17)18)16-14(5-6-14)8-11-4-3-7-19-11;;/h3-4,10,12,16H,5-6,8-9H2,1-2H3,(H,17,18);1H2;. The van der Waals surface area contributed by atoms with Crippen LogP contribution in [0, 0.1) is 11.8 Å². The van der Waals surface area contributed by atoms with Gasteiger partial charge in [0.1, 0.15) is 0 Å². The molecule has 112 valence electrons. The molecule has 4 nitrogen and oxygen atoms in total. The van der Waals surface area contributed by atoms with E-state index in [0.717, 1.165) is 36.1 Å². The second-order valence-electron chi connectivity index (χ2n) is 6.92. The molecule has 0 aromatic carbocycles. The van der Waals surface area contributed by atoms with Crippen LogP contribution in [0.1, 0.15) is 38.9 Å². The normalized spacial score (nSPS) is 29.2. The summed E-state index contributed by atoms with van der Waals surface area (Å²) >= 11 is -0.0441. The Morgan fingerprint density at radius 1 is 1.57 bits per heavy atom. The monoisotopic (exact) mass is 303 g/mol. The van der Waals surface area contributed by atoms with Crippen LogP contribution in [-0.4, -0.2) is 42.3 Å². The van der Waals surface area contributed by atoms with Crippen molar-refractivity contribution in [3.63, 3.8) is 0 Å². The topological polar surface area (TPSA) is 62.5 Å². The van der Waals surface area contributed by atoms with E-state index >= 15 is 0 Å². The molecule has 5 heteroatoms. The number of carboxylic acid groups (broad SMARTS) is 1.